The molecule has 3 rings (SSSR count). The highest BCUT2D eigenvalue weighted by Crippen LogP contribution is 2.14. The molecule has 0 aliphatic carbocycles. The third-order valence-corrected chi connectivity index (χ3v) is 5.43. The lowest BCUT2D eigenvalue weighted by Crippen LogP contribution is -2.36. The summed E-state index contributed by atoms with van der Waals surface area (Å²) in [6.07, 6.45) is -0.0753. The predicted octanol–water partition coefficient (Wildman–Crippen LogP) is 2.99. The highest BCUT2D eigenvalue weighted by atomic mass is 35.5. The van der Waals surface area contributed by atoms with Crippen LogP contribution in [0.25, 0.3) is 0 Å². The molecule has 1 N–H and O–H groups in total. The van der Waals surface area contributed by atoms with Crippen LogP contribution in [0.15, 0.2) is 48.5 Å². The second-order valence-corrected chi connectivity index (χ2v) is 7.96. The molecule has 1 saturated heterocycles. The van der Waals surface area contributed by atoms with Crippen LogP contribution in [0.4, 0.5) is 0 Å². The molecule has 1 fully saturated rings. The summed E-state index contributed by atoms with van der Waals surface area (Å²) >= 11 is 5.80. The van der Waals surface area contributed by atoms with Crippen LogP contribution < -0.4 is 5.32 Å². The van der Waals surface area contributed by atoms with E-state index in [9.17, 15) is 14.4 Å². The van der Waals surface area contributed by atoms with Gasteiger partial charge in [-0.05, 0) is 35.4 Å². The highest BCUT2D eigenvalue weighted by Gasteiger charge is 2.14. The Morgan fingerprint density at radius 3 is 2.38 bits per heavy atom. The molecule has 32 heavy (non-hydrogen) atoms. The Hall–Kier alpha value is -2.74. The van der Waals surface area contributed by atoms with Gasteiger partial charge in [0.2, 0.25) is 0 Å². The monoisotopic (exact) mass is 458 g/mol. The van der Waals surface area contributed by atoms with E-state index in [1.807, 2.05) is 18.2 Å². The molecular weight excluding hydrogens is 432 g/mol. The summed E-state index contributed by atoms with van der Waals surface area (Å²) in [5.74, 6) is -1.15. The number of rotatable bonds is 10. The topological polar surface area (TPSA) is 84.9 Å². The molecule has 1 aliphatic heterocycles. The van der Waals surface area contributed by atoms with E-state index in [-0.39, 0.29) is 31.1 Å². The van der Waals surface area contributed by atoms with E-state index in [1.165, 1.54) is 0 Å². The lowest BCUT2D eigenvalue weighted by atomic mass is 10.1. The predicted molar refractivity (Wildman–Crippen MR) is 120 cm³/mol. The molecule has 2 aromatic carbocycles. The van der Waals surface area contributed by atoms with Gasteiger partial charge in [-0.1, -0.05) is 35.9 Å². The maximum Gasteiger partial charge on any atom is 0.306 e. The van der Waals surface area contributed by atoms with E-state index >= 15 is 0 Å². The number of carbonyl (C=O) groups is 3. The largest absolute Gasteiger partial charge is 0.456 e. The Balaban J connectivity index is 1.38. The van der Waals surface area contributed by atoms with Crippen LogP contribution in [-0.4, -0.2) is 55.5 Å². The summed E-state index contributed by atoms with van der Waals surface area (Å²) < 4.78 is 10.4. The number of amides is 1. The first-order valence-electron chi connectivity index (χ1n) is 10.6. The second kappa shape index (κ2) is 12.3. The van der Waals surface area contributed by atoms with E-state index in [0.717, 1.165) is 44.0 Å². The molecule has 0 radical (unpaired) electrons. The zero-order valence-electron chi connectivity index (χ0n) is 17.8. The number of carbonyl (C=O) groups excluding carboxylic acids is 3. The van der Waals surface area contributed by atoms with E-state index < -0.39 is 5.97 Å². The molecule has 0 unspecified atom stereocenters. The van der Waals surface area contributed by atoms with Crippen LogP contribution in [-0.2, 0) is 32.2 Å². The first kappa shape index (κ1) is 23.9. The fourth-order valence-electron chi connectivity index (χ4n) is 3.34. The van der Waals surface area contributed by atoms with Crippen molar-refractivity contribution in [3.63, 3.8) is 0 Å². The van der Waals surface area contributed by atoms with Gasteiger partial charge < -0.3 is 14.8 Å². The lowest BCUT2D eigenvalue weighted by Gasteiger charge is -2.27. The Labute approximate surface area is 192 Å². The molecule has 1 aliphatic rings. The van der Waals surface area contributed by atoms with Gasteiger partial charge in [0.15, 0.2) is 12.4 Å². The molecule has 2 aromatic rings. The second-order valence-electron chi connectivity index (χ2n) is 7.52. The number of Topliss-reactive ketones (excluding diaryl/α,β-unsaturated/α-hetero) is 1. The number of halogens is 1. The Kier molecular flexibility index (Phi) is 9.22. The van der Waals surface area contributed by atoms with Gasteiger partial charge in [-0.2, -0.15) is 0 Å². The molecule has 170 valence electrons. The Morgan fingerprint density at radius 2 is 1.66 bits per heavy atom. The number of nitrogens with one attached hydrogen (secondary N) is 1. The summed E-state index contributed by atoms with van der Waals surface area (Å²) in [6.45, 7) is 4.01. The van der Waals surface area contributed by atoms with E-state index in [0.29, 0.717) is 17.1 Å². The molecular formula is C24H27ClN2O5. The number of ether oxygens (including phenoxy) is 2. The van der Waals surface area contributed by atoms with Gasteiger partial charge >= 0.3 is 5.97 Å². The summed E-state index contributed by atoms with van der Waals surface area (Å²) in [6, 6.07) is 14.4. The van der Waals surface area contributed by atoms with Gasteiger partial charge in [0.05, 0.1) is 19.6 Å². The number of ketones is 1. The van der Waals surface area contributed by atoms with Gasteiger partial charge in [0.25, 0.3) is 5.91 Å². The van der Waals surface area contributed by atoms with Crippen LogP contribution >= 0.6 is 11.6 Å². The van der Waals surface area contributed by atoms with Crippen molar-refractivity contribution in [2.45, 2.75) is 25.9 Å². The van der Waals surface area contributed by atoms with Crippen LogP contribution in [0.2, 0.25) is 5.02 Å². The normalized spacial score (nSPS) is 14.0. The van der Waals surface area contributed by atoms with Gasteiger partial charge in [0, 0.05) is 43.2 Å². The zero-order valence-corrected chi connectivity index (χ0v) is 18.6. The van der Waals surface area contributed by atoms with Gasteiger partial charge in [-0.3, -0.25) is 19.3 Å². The van der Waals surface area contributed by atoms with Crippen molar-refractivity contribution in [3.05, 3.63) is 70.2 Å². The van der Waals surface area contributed by atoms with E-state index in [2.05, 4.69) is 16.3 Å². The van der Waals surface area contributed by atoms with E-state index in [1.54, 1.807) is 24.3 Å². The standard InChI is InChI=1S/C24H27ClN2O5/c25-21-7-5-18(6-8-21)22(28)9-10-24(30)32-17-23(29)26-15-19-3-1-2-4-20(19)16-27-11-13-31-14-12-27/h1-8H,9-17H2,(H,26,29). The number of hydrogen-bond donors (Lipinski definition) is 1. The minimum atomic E-state index is -0.588. The van der Waals surface area contributed by atoms with E-state index in [4.69, 9.17) is 21.1 Å². The average molecular weight is 459 g/mol. The van der Waals surface area contributed by atoms with Crippen molar-refractivity contribution in [1.82, 2.24) is 10.2 Å². The fourth-order valence-corrected chi connectivity index (χ4v) is 3.47. The fraction of sp³-hybridized carbons (Fsp3) is 0.375. The van der Waals surface area contributed by atoms with Crippen molar-refractivity contribution in [1.29, 1.82) is 0 Å². The van der Waals surface area contributed by atoms with Crippen LogP contribution in [0.1, 0.15) is 34.3 Å². The number of benzene rings is 2. The minimum Gasteiger partial charge on any atom is -0.456 e. The Bertz CT molecular complexity index is 926. The summed E-state index contributed by atoms with van der Waals surface area (Å²) in [5, 5.41) is 3.33. The van der Waals surface area contributed by atoms with Crippen molar-refractivity contribution in [3.8, 4) is 0 Å². The molecule has 1 amide bonds. The molecule has 0 bridgehead atoms. The van der Waals surface area contributed by atoms with Crippen molar-refractivity contribution < 1.29 is 23.9 Å². The summed E-state index contributed by atoms with van der Waals surface area (Å²) in [4.78, 5) is 38.4. The van der Waals surface area contributed by atoms with Gasteiger partial charge in [0.1, 0.15) is 0 Å². The third kappa shape index (κ3) is 7.75. The quantitative estimate of drug-likeness (QED) is 0.435. The first-order valence-corrected chi connectivity index (χ1v) is 11.0. The van der Waals surface area contributed by atoms with Crippen molar-refractivity contribution in [2.75, 3.05) is 32.9 Å². The van der Waals surface area contributed by atoms with Crippen molar-refractivity contribution >= 4 is 29.3 Å². The summed E-state index contributed by atoms with van der Waals surface area (Å²) in [5.41, 5.74) is 2.65. The van der Waals surface area contributed by atoms with Crippen LogP contribution in [0.3, 0.4) is 0 Å². The summed E-state index contributed by atoms with van der Waals surface area (Å²) in [7, 11) is 0. The molecule has 0 aromatic heterocycles. The molecule has 1 heterocycles. The van der Waals surface area contributed by atoms with Crippen LogP contribution in [0.5, 0.6) is 0 Å². The molecule has 0 spiro atoms. The first-order chi connectivity index (χ1) is 15.5. The number of nitrogens with zero attached hydrogens (tertiary/aromatic N) is 1. The number of hydrogen-bond acceptors (Lipinski definition) is 6. The van der Waals surface area contributed by atoms with Gasteiger partial charge in [-0.15, -0.1) is 0 Å². The van der Waals surface area contributed by atoms with Crippen molar-refractivity contribution in [2.24, 2.45) is 0 Å². The smallest absolute Gasteiger partial charge is 0.306 e. The maximum absolute atomic E-state index is 12.1. The van der Waals surface area contributed by atoms with Gasteiger partial charge in [-0.25, -0.2) is 0 Å². The Morgan fingerprint density at radius 1 is 0.969 bits per heavy atom. The lowest BCUT2D eigenvalue weighted by molar-refractivity contribution is -0.148. The highest BCUT2D eigenvalue weighted by molar-refractivity contribution is 6.30. The SMILES string of the molecule is O=C(COC(=O)CCC(=O)c1ccc(Cl)cc1)NCc1ccccc1CN1CCOCC1. The minimum absolute atomic E-state index is 0.0109. The third-order valence-electron chi connectivity index (χ3n) is 5.18. The van der Waals surface area contributed by atoms with Crippen LogP contribution in [0, 0.1) is 0 Å². The number of morpholine rings is 1. The molecule has 0 saturated carbocycles. The molecule has 8 heteroatoms. The zero-order chi connectivity index (χ0) is 22.8. The maximum atomic E-state index is 12.1. The molecule has 0 atom stereocenters. The average Bonchev–Trinajstić information content (AvgIpc) is 2.81. The number of esters is 1. The molecule has 7 nitrogen and oxygen atoms in total.